The molecule has 0 saturated carbocycles. The Morgan fingerprint density at radius 2 is 1.71 bits per heavy atom. The minimum Gasteiger partial charge on any atom is -0.322 e. The molecule has 1 fully saturated rings. The van der Waals surface area contributed by atoms with Gasteiger partial charge in [0.1, 0.15) is 0 Å². The lowest BCUT2D eigenvalue weighted by Crippen LogP contribution is -2.33. The van der Waals surface area contributed by atoms with Gasteiger partial charge in [0.2, 0.25) is 0 Å². The van der Waals surface area contributed by atoms with Crippen molar-refractivity contribution in [3.63, 3.8) is 0 Å². The van der Waals surface area contributed by atoms with Crippen molar-refractivity contribution in [1.82, 2.24) is 4.90 Å². The van der Waals surface area contributed by atoms with Gasteiger partial charge in [0.15, 0.2) is 0 Å². The predicted octanol–water partition coefficient (Wildman–Crippen LogP) is 5.93. The Morgan fingerprint density at radius 3 is 2.37 bits per heavy atom. The number of nitrogens with one attached hydrogen (secondary N) is 2. The second kappa shape index (κ2) is 10.8. The fraction of sp³-hybridized carbons (Fsp3) is 0.296. The van der Waals surface area contributed by atoms with Crippen LogP contribution in [0.2, 0.25) is 5.02 Å². The fourth-order valence-electron chi connectivity index (χ4n) is 4.24. The van der Waals surface area contributed by atoms with Crippen molar-refractivity contribution in [2.75, 3.05) is 23.1 Å². The van der Waals surface area contributed by atoms with Gasteiger partial charge in [0.25, 0.3) is 15.9 Å². The van der Waals surface area contributed by atoms with E-state index in [0.29, 0.717) is 22.0 Å². The van der Waals surface area contributed by atoms with Gasteiger partial charge < -0.3 is 5.32 Å². The van der Waals surface area contributed by atoms with Crippen molar-refractivity contribution < 1.29 is 13.2 Å². The summed E-state index contributed by atoms with van der Waals surface area (Å²) in [5.74, 6) is 0.484. The average Bonchev–Trinajstić information content (AvgIpc) is 2.82. The molecule has 35 heavy (non-hydrogen) atoms. The van der Waals surface area contributed by atoms with Gasteiger partial charge in [-0.25, -0.2) is 8.42 Å². The molecule has 0 unspecified atom stereocenters. The van der Waals surface area contributed by atoms with Crippen LogP contribution in [-0.2, 0) is 16.6 Å². The van der Waals surface area contributed by atoms with Crippen molar-refractivity contribution in [2.24, 2.45) is 5.92 Å². The Hall–Kier alpha value is -2.87. The molecule has 1 amide bonds. The molecule has 0 aliphatic carbocycles. The van der Waals surface area contributed by atoms with Gasteiger partial charge in [0.05, 0.1) is 10.6 Å². The number of carbonyl (C=O) groups excluding carboxylic acids is 1. The molecular weight excluding hydrogens is 482 g/mol. The number of halogens is 1. The summed E-state index contributed by atoms with van der Waals surface area (Å²) in [6.45, 7) is 7.26. The van der Waals surface area contributed by atoms with Crippen LogP contribution in [0.3, 0.4) is 0 Å². The van der Waals surface area contributed by atoms with Crippen LogP contribution < -0.4 is 10.0 Å². The summed E-state index contributed by atoms with van der Waals surface area (Å²) in [6.07, 6.45) is 2.53. The smallest absolute Gasteiger partial charge is 0.261 e. The summed E-state index contributed by atoms with van der Waals surface area (Å²) in [6, 6.07) is 18.7. The maximum absolute atomic E-state index is 12.7. The number of anilines is 2. The maximum Gasteiger partial charge on any atom is 0.261 e. The Balaban J connectivity index is 1.36. The SMILES string of the molecule is Cc1ccc(NS(=O)(=O)c2ccc(NC(=O)c3ccc(CN4CCC[C@@H](C)C4)cc3)cc2)cc1Cl. The lowest BCUT2D eigenvalue weighted by molar-refractivity contribution is 0.102. The first kappa shape index (κ1) is 25.2. The van der Waals surface area contributed by atoms with Crippen molar-refractivity contribution in [3.05, 3.63) is 88.4 Å². The number of sulfonamides is 1. The lowest BCUT2D eigenvalue weighted by Gasteiger charge is -2.30. The highest BCUT2D eigenvalue weighted by Crippen LogP contribution is 2.24. The number of hydrogen-bond acceptors (Lipinski definition) is 4. The van der Waals surface area contributed by atoms with Crippen LogP contribution in [0.25, 0.3) is 0 Å². The van der Waals surface area contributed by atoms with E-state index in [9.17, 15) is 13.2 Å². The topological polar surface area (TPSA) is 78.5 Å². The molecule has 3 aromatic carbocycles. The minimum atomic E-state index is -3.79. The Bertz CT molecular complexity index is 1290. The molecule has 0 spiro atoms. The van der Waals surface area contributed by atoms with E-state index in [0.717, 1.165) is 31.1 Å². The largest absolute Gasteiger partial charge is 0.322 e. The number of aryl methyl sites for hydroxylation is 1. The standard InChI is InChI=1S/C27H30ClN3O3S/c1-19-4-3-15-31(17-19)18-21-6-8-22(9-7-21)27(32)29-23-11-13-25(14-12-23)35(33,34)30-24-10-5-20(2)26(28)16-24/h5-14,16,19,30H,3-4,15,17-18H2,1-2H3,(H,29,32)/t19-/m1/s1. The number of benzene rings is 3. The van der Waals surface area contributed by atoms with Crippen LogP contribution in [0.15, 0.2) is 71.6 Å². The number of piperidine rings is 1. The van der Waals surface area contributed by atoms with Gasteiger partial charge in [-0.15, -0.1) is 0 Å². The first-order chi connectivity index (χ1) is 16.7. The molecule has 0 radical (unpaired) electrons. The maximum atomic E-state index is 12.7. The second-order valence-corrected chi connectivity index (χ2v) is 11.3. The molecule has 6 nitrogen and oxygen atoms in total. The van der Waals surface area contributed by atoms with E-state index in [-0.39, 0.29) is 10.8 Å². The number of likely N-dealkylation sites (tertiary alicyclic amines) is 1. The van der Waals surface area contributed by atoms with Gasteiger partial charge in [-0.3, -0.25) is 14.4 Å². The number of amides is 1. The highest BCUT2D eigenvalue weighted by atomic mass is 35.5. The first-order valence-corrected chi connectivity index (χ1v) is 13.6. The number of carbonyl (C=O) groups is 1. The van der Waals surface area contributed by atoms with E-state index in [4.69, 9.17) is 11.6 Å². The summed E-state index contributed by atoms with van der Waals surface area (Å²) in [5.41, 5.74) is 3.50. The van der Waals surface area contributed by atoms with E-state index in [1.165, 1.54) is 30.5 Å². The third-order valence-corrected chi connectivity index (χ3v) is 8.01. The molecule has 2 N–H and O–H groups in total. The summed E-state index contributed by atoms with van der Waals surface area (Å²) >= 11 is 6.09. The third-order valence-electron chi connectivity index (χ3n) is 6.21. The molecule has 1 aliphatic rings. The number of rotatable bonds is 7. The van der Waals surface area contributed by atoms with Crippen molar-refractivity contribution in [3.8, 4) is 0 Å². The van der Waals surface area contributed by atoms with Gasteiger partial charge in [-0.2, -0.15) is 0 Å². The van der Waals surface area contributed by atoms with Crippen LogP contribution in [0.5, 0.6) is 0 Å². The normalized spacial score (nSPS) is 16.6. The highest BCUT2D eigenvalue weighted by Gasteiger charge is 2.17. The summed E-state index contributed by atoms with van der Waals surface area (Å²) < 4.78 is 27.9. The summed E-state index contributed by atoms with van der Waals surface area (Å²) in [4.78, 5) is 15.2. The molecule has 0 bridgehead atoms. The minimum absolute atomic E-state index is 0.0866. The molecule has 184 valence electrons. The zero-order valence-corrected chi connectivity index (χ0v) is 21.5. The predicted molar refractivity (Wildman–Crippen MR) is 142 cm³/mol. The molecule has 1 atom stereocenters. The van der Waals surface area contributed by atoms with Crippen LogP contribution in [0.1, 0.15) is 41.3 Å². The van der Waals surface area contributed by atoms with E-state index in [2.05, 4.69) is 21.9 Å². The Labute approximate surface area is 212 Å². The molecule has 1 heterocycles. The van der Waals surface area contributed by atoms with Crippen LogP contribution in [-0.4, -0.2) is 32.3 Å². The zero-order chi connectivity index (χ0) is 25.0. The molecule has 1 saturated heterocycles. The van der Waals surface area contributed by atoms with E-state index >= 15 is 0 Å². The first-order valence-electron chi connectivity index (χ1n) is 11.7. The van der Waals surface area contributed by atoms with Gasteiger partial charge in [-0.1, -0.05) is 36.7 Å². The average molecular weight is 512 g/mol. The summed E-state index contributed by atoms with van der Waals surface area (Å²) in [7, 11) is -3.79. The van der Waals surface area contributed by atoms with Crippen LogP contribution >= 0.6 is 11.6 Å². The van der Waals surface area contributed by atoms with Gasteiger partial charge in [-0.05, 0) is 91.9 Å². The van der Waals surface area contributed by atoms with E-state index in [1.807, 2.05) is 31.2 Å². The van der Waals surface area contributed by atoms with E-state index < -0.39 is 10.0 Å². The van der Waals surface area contributed by atoms with Crippen molar-refractivity contribution >= 4 is 38.9 Å². The zero-order valence-electron chi connectivity index (χ0n) is 19.9. The molecular formula is C27H30ClN3O3S. The third kappa shape index (κ3) is 6.63. The number of nitrogens with zero attached hydrogens (tertiary/aromatic N) is 1. The Kier molecular flexibility index (Phi) is 7.79. The fourth-order valence-corrected chi connectivity index (χ4v) is 5.47. The van der Waals surface area contributed by atoms with Crippen molar-refractivity contribution in [2.45, 2.75) is 38.1 Å². The number of hydrogen-bond donors (Lipinski definition) is 2. The Morgan fingerprint density at radius 1 is 1.03 bits per heavy atom. The molecule has 3 aromatic rings. The second-order valence-electron chi connectivity index (χ2n) is 9.23. The van der Waals surface area contributed by atoms with Crippen LogP contribution in [0.4, 0.5) is 11.4 Å². The van der Waals surface area contributed by atoms with E-state index in [1.54, 1.807) is 30.3 Å². The molecule has 8 heteroatoms. The molecule has 4 rings (SSSR count). The quantitative estimate of drug-likeness (QED) is 0.412. The molecule has 0 aromatic heterocycles. The highest BCUT2D eigenvalue weighted by molar-refractivity contribution is 7.92. The van der Waals surface area contributed by atoms with Gasteiger partial charge in [0, 0.05) is 29.4 Å². The lowest BCUT2D eigenvalue weighted by atomic mass is 9.99. The molecule has 1 aliphatic heterocycles. The van der Waals surface area contributed by atoms with Crippen LogP contribution in [0, 0.1) is 12.8 Å². The monoisotopic (exact) mass is 511 g/mol. The van der Waals surface area contributed by atoms with Crippen molar-refractivity contribution in [1.29, 1.82) is 0 Å². The van der Waals surface area contributed by atoms with Gasteiger partial charge >= 0.3 is 0 Å². The summed E-state index contributed by atoms with van der Waals surface area (Å²) in [5, 5.41) is 3.31.